The van der Waals surface area contributed by atoms with Gasteiger partial charge in [0.1, 0.15) is 0 Å². The molecule has 1 rings (SSSR count). The van der Waals surface area contributed by atoms with E-state index in [1.807, 2.05) is 0 Å². The minimum atomic E-state index is -6.09. The van der Waals surface area contributed by atoms with Crippen molar-refractivity contribution in [2.24, 2.45) is 0 Å². The first-order valence-electron chi connectivity index (χ1n) is 7.13. The molecule has 0 saturated heterocycles. The van der Waals surface area contributed by atoms with Gasteiger partial charge in [-0.1, -0.05) is 24.3 Å². The minimum Gasteiger partial charge on any atom is -0.741 e. The molecule has 0 N–H and O–H groups in total. The van der Waals surface area contributed by atoms with Crippen molar-refractivity contribution in [2.75, 3.05) is 0 Å². The van der Waals surface area contributed by atoms with Gasteiger partial charge in [-0.05, 0) is 25.7 Å². The van der Waals surface area contributed by atoms with Gasteiger partial charge in [-0.2, -0.15) is 39.5 Å². The smallest absolute Gasteiger partial charge is 0.741 e. The van der Waals surface area contributed by atoms with Crippen LogP contribution in [0.1, 0.15) is 25.7 Å². The molecule has 0 fully saturated rings. The van der Waals surface area contributed by atoms with E-state index in [4.69, 9.17) is 38.9 Å². The van der Waals surface area contributed by atoms with Crippen LogP contribution in [0.25, 0.3) is 0 Å². The Morgan fingerprint density at radius 3 is 0.788 bits per heavy atom. The first-order chi connectivity index (χ1) is 13.8. The molecule has 0 aromatic carbocycles. The molecule has 0 amide bonds. The van der Waals surface area contributed by atoms with Crippen molar-refractivity contribution in [1.29, 1.82) is 0 Å². The largest absolute Gasteiger partial charge is 3.00 e. The molecule has 33 heavy (non-hydrogen) atoms. The molecule has 22 heteroatoms. The number of hydrogen-bond acceptors (Lipinski definition) is 9. The first kappa shape index (κ1) is 39.4. The number of rotatable bonds is 0. The van der Waals surface area contributed by atoms with Crippen LogP contribution < -0.4 is 0 Å². The zero-order valence-corrected chi connectivity index (χ0v) is 19.4. The molecule has 0 radical (unpaired) electrons. The molecule has 1 aliphatic rings. The molecule has 0 atom stereocenters. The average Bonchev–Trinajstić information content (AvgIpc) is 2.41. The molecule has 0 spiro atoms. The predicted octanol–water partition coefficient (Wildman–Crippen LogP) is 2.82. The zero-order valence-electron chi connectivity index (χ0n) is 15.3. The average molecular weight is 658 g/mol. The van der Waals surface area contributed by atoms with E-state index < -0.39 is 46.9 Å². The van der Waals surface area contributed by atoms with E-state index >= 15 is 0 Å². The van der Waals surface area contributed by atoms with E-state index in [1.165, 1.54) is 25.7 Å². The van der Waals surface area contributed by atoms with Crippen molar-refractivity contribution in [2.45, 2.75) is 42.2 Å². The van der Waals surface area contributed by atoms with Gasteiger partial charge >= 0.3 is 36.0 Å². The van der Waals surface area contributed by atoms with Crippen molar-refractivity contribution >= 4 is 30.4 Å². The summed E-state index contributed by atoms with van der Waals surface area (Å²) in [6, 6.07) is 0. The molecule has 0 aliphatic heterocycles. The Kier molecular flexibility index (Phi) is 18.2. The van der Waals surface area contributed by atoms with Gasteiger partial charge in [0.25, 0.3) is 0 Å². The molecule has 1 aliphatic carbocycles. The van der Waals surface area contributed by atoms with Crippen LogP contribution in [0.15, 0.2) is 24.3 Å². The van der Waals surface area contributed by atoms with Gasteiger partial charge in [-0.25, -0.2) is 25.3 Å². The molecule has 0 bridgehead atoms. The van der Waals surface area contributed by atoms with E-state index in [-0.39, 0.29) is 19.5 Å². The number of allylic oxidation sites excluding steroid dienone is 4. The molecule has 0 aromatic heterocycles. The fourth-order valence-electron chi connectivity index (χ4n) is 0.874. The number of halogens is 9. The molecule has 0 aromatic rings. The van der Waals surface area contributed by atoms with Crippen LogP contribution in [0.4, 0.5) is 39.5 Å². The van der Waals surface area contributed by atoms with Crippen molar-refractivity contribution in [3.05, 3.63) is 24.3 Å². The first-order valence-corrected chi connectivity index (χ1v) is 11.4. The van der Waals surface area contributed by atoms with Gasteiger partial charge in [0.15, 0.2) is 30.4 Å². The van der Waals surface area contributed by atoms with Crippen LogP contribution in [-0.2, 0) is 49.8 Å². The van der Waals surface area contributed by atoms with Crippen LogP contribution in [0.2, 0.25) is 0 Å². The van der Waals surface area contributed by atoms with Crippen LogP contribution >= 0.6 is 0 Å². The van der Waals surface area contributed by atoms with Crippen LogP contribution in [-0.4, -0.2) is 55.4 Å². The molecular weight excluding hydrogens is 646 g/mol. The fraction of sp³-hybridized carbons (Fsp3) is 0.636. The van der Waals surface area contributed by atoms with E-state index in [1.54, 1.807) is 0 Å². The number of alkyl halides is 9. The maximum Gasteiger partial charge on any atom is 3.00 e. The Morgan fingerprint density at radius 2 is 0.667 bits per heavy atom. The van der Waals surface area contributed by atoms with E-state index in [9.17, 15) is 39.5 Å². The minimum absolute atomic E-state index is 0. The summed E-state index contributed by atoms with van der Waals surface area (Å²) in [4.78, 5) is 0. The van der Waals surface area contributed by atoms with Gasteiger partial charge in [-0.15, -0.1) is 0 Å². The van der Waals surface area contributed by atoms with Crippen molar-refractivity contribution in [1.82, 2.24) is 0 Å². The summed E-state index contributed by atoms with van der Waals surface area (Å²) in [7, 11) is -18.3. The molecular formula is C11H12F9O9RhS3. The summed E-state index contributed by atoms with van der Waals surface area (Å²) >= 11 is 0. The van der Waals surface area contributed by atoms with Gasteiger partial charge in [0.05, 0.1) is 0 Å². The Hall–Kier alpha value is -0.797. The van der Waals surface area contributed by atoms with E-state index in [2.05, 4.69) is 24.3 Å². The van der Waals surface area contributed by atoms with Gasteiger partial charge in [-0.3, -0.25) is 0 Å². The summed E-state index contributed by atoms with van der Waals surface area (Å²) in [5, 5.41) is 0. The van der Waals surface area contributed by atoms with Crippen molar-refractivity contribution in [3.63, 3.8) is 0 Å². The van der Waals surface area contributed by atoms with Gasteiger partial charge in [0, 0.05) is 0 Å². The second kappa shape index (κ2) is 15.3. The Labute approximate surface area is 194 Å². The Bertz CT molecular complexity index is 803. The third-order valence-electron chi connectivity index (χ3n) is 2.23. The van der Waals surface area contributed by atoms with E-state index in [0.717, 1.165) is 0 Å². The summed E-state index contributed by atoms with van der Waals surface area (Å²) in [6.45, 7) is 0. The normalized spacial score (nSPS) is 15.0. The topological polar surface area (TPSA) is 172 Å². The monoisotopic (exact) mass is 658 g/mol. The van der Waals surface area contributed by atoms with Gasteiger partial charge in [0.2, 0.25) is 0 Å². The fourth-order valence-corrected chi connectivity index (χ4v) is 0.874. The van der Waals surface area contributed by atoms with E-state index in [0.29, 0.717) is 0 Å². The van der Waals surface area contributed by atoms with Gasteiger partial charge < -0.3 is 13.7 Å². The maximum atomic E-state index is 10.7. The Balaban J connectivity index is -0.000000168. The third-order valence-corrected chi connectivity index (χ3v) is 3.93. The van der Waals surface area contributed by atoms with Crippen LogP contribution in [0.5, 0.6) is 0 Å². The molecule has 9 nitrogen and oxygen atoms in total. The SMILES string of the molecule is C1=CCCCCC=C1.O=S(=O)([O-])C(F)(F)F.O=S(=O)([O-])C(F)(F)F.O=S(=O)([O-])C(F)(F)F.[Rh+3]. The Morgan fingerprint density at radius 1 is 0.515 bits per heavy atom. The molecule has 0 heterocycles. The third kappa shape index (κ3) is 22.7. The molecule has 0 unspecified atom stereocenters. The summed E-state index contributed by atoms with van der Waals surface area (Å²) in [5.41, 5.74) is -16.9. The standard InChI is InChI=1S/C8H12.3CHF3O3S.Rh/c1-2-4-6-8-7-5-3-1;3*2-1(3,4)8(5,6)7;/h1-4H,5-8H2;3*(H,5,6,7);/q;;;;+3/p-3. The van der Waals surface area contributed by atoms with Crippen LogP contribution in [0, 0.1) is 0 Å². The molecule has 0 saturated carbocycles. The predicted molar refractivity (Wildman–Crippen MR) is 84.0 cm³/mol. The number of hydrogen-bond donors (Lipinski definition) is 0. The second-order valence-corrected chi connectivity index (χ2v) is 8.95. The maximum absolute atomic E-state index is 10.7. The summed E-state index contributed by atoms with van der Waals surface area (Å²) in [6.07, 6.45) is 14.0. The summed E-state index contributed by atoms with van der Waals surface area (Å²) < 4.78 is 177. The van der Waals surface area contributed by atoms with Crippen molar-refractivity contribution < 1.29 is 97.9 Å². The van der Waals surface area contributed by atoms with Crippen LogP contribution in [0.3, 0.4) is 0 Å². The molecule has 200 valence electrons. The van der Waals surface area contributed by atoms with Crippen molar-refractivity contribution in [3.8, 4) is 0 Å². The zero-order chi connectivity index (χ0) is 26.7. The second-order valence-electron chi connectivity index (χ2n) is 4.84. The summed E-state index contributed by atoms with van der Waals surface area (Å²) in [5.74, 6) is 0. The quantitative estimate of drug-likeness (QED) is 0.164.